The molecule has 0 unspecified atom stereocenters. The highest BCUT2D eigenvalue weighted by Gasteiger charge is 1.86. The maximum Gasteiger partial charge on any atom is 0.0466 e. The molecule has 10 heavy (non-hydrogen) atoms. The normalized spacial score (nSPS) is 10.2. The van der Waals surface area contributed by atoms with Gasteiger partial charge < -0.3 is 10.1 Å². The second kappa shape index (κ2) is 8.92. The van der Waals surface area contributed by atoms with Crippen LogP contribution in [0.2, 0.25) is 0 Å². The van der Waals surface area contributed by atoms with E-state index in [1.165, 1.54) is 6.42 Å². The Labute approximate surface area is 64.0 Å². The summed E-state index contributed by atoms with van der Waals surface area (Å²) in [5, 5.41) is 3.09. The first-order chi connectivity index (χ1) is 4.91. The van der Waals surface area contributed by atoms with Crippen molar-refractivity contribution in [3.63, 3.8) is 0 Å². The maximum atomic E-state index is 5.24. The van der Waals surface area contributed by atoms with Gasteiger partial charge in [0.1, 0.15) is 0 Å². The molecule has 0 aliphatic heterocycles. The van der Waals surface area contributed by atoms with Crippen molar-refractivity contribution < 1.29 is 4.74 Å². The molecular formula is C8H18NO. The average Bonchev–Trinajstić information content (AvgIpc) is 1.97. The second-order valence-electron chi connectivity index (χ2n) is 2.28. The monoisotopic (exact) mass is 144 g/mol. The summed E-state index contributed by atoms with van der Waals surface area (Å²) < 4.78 is 5.24. The minimum absolute atomic E-state index is 0.805. The maximum absolute atomic E-state index is 5.24. The third kappa shape index (κ3) is 7.92. The molecule has 0 aromatic heterocycles. The van der Waals surface area contributed by atoms with Gasteiger partial charge in [-0.15, -0.1) is 0 Å². The molecule has 0 saturated heterocycles. The van der Waals surface area contributed by atoms with Gasteiger partial charge >= 0.3 is 0 Å². The number of ether oxygens (including phenoxy) is 1. The third-order valence-electron chi connectivity index (χ3n) is 1.25. The number of nitrogens with one attached hydrogen (secondary N) is 1. The summed E-state index contributed by atoms with van der Waals surface area (Å²) in [6.07, 6.45) is 3.24. The third-order valence-corrected chi connectivity index (χ3v) is 1.25. The van der Waals surface area contributed by atoms with Crippen molar-refractivity contribution >= 4 is 0 Å². The van der Waals surface area contributed by atoms with Crippen molar-refractivity contribution in [2.75, 3.05) is 26.8 Å². The Morgan fingerprint density at radius 1 is 1.30 bits per heavy atom. The predicted octanol–water partition coefficient (Wildman–Crippen LogP) is 1.23. The summed E-state index contributed by atoms with van der Waals surface area (Å²) >= 11 is 0. The molecule has 0 fully saturated rings. The van der Waals surface area contributed by atoms with Crippen molar-refractivity contribution in [2.45, 2.75) is 19.3 Å². The second-order valence-corrected chi connectivity index (χ2v) is 2.28. The average molecular weight is 144 g/mol. The Bertz CT molecular complexity index is 49.2. The van der Waals surface area contributed by atoms with E-state index in [2.05, 4.69) is 12.2 Å². The fraction of sp³-hybridized carbons (Fsp3) is 0.875. The molecule has 2 heteroatoms. The molecule has 0 aliphatic rings. The molecule has 1 N–H and O–H groups in total. The standard InChI is InChI=1S/C8H18NO/c1-3-7-10-8-5-4-6-9-2/h9H,1,3-8H2,2H3. The van der Waals surface area contributed by atoms with Crippen LogP contribution >= 0.6 is 0 Å². The number of hydrogen-bond donors (Lipinski definition) is 1. The molecule has 0 heterocycles. The van der Waals surface area contributed by atoms with Crippen LogP contribution in [0.1, 0.15) is 19.3 Å². The summed E-state index contributed by atoms with van der Waals surface area (Å²) in [6.45, 7) is 6.46. The van der Waals surface area contributed by atoms with Gasteiger partial charge in [-0.3, -0.25) is 0 Å². The summed E-state index contributed by atoms with van der Waals surface area (Å²) in [7, 11) is 1.97. The van der Waals surface area contributed by atoms with Crippen molar-refractivity contribution in [1.82, 2.24) is 5.32 Å². The molecule has 0 aromatic rings. The minimum atomic E-state index is 0.805. The predicted molar refractivity (Wildman–Crippen MR) is 44.0 cm³/mol. The van der Waals surface area contributed by atoms with Crippen LogP contribution in [0, 0.1) is 6.92 Å². The zero-order chi connectivity index (χ0) is 7.66. The van der Waals surface area contributed by atoms with Gasteiger partial charge in [-0.1, -0.05) is 6.92 Å². The van der Waals surface area contributed by atoms with Gasteiger partial charge in [-0.2, -0.15) is 0 Å². The summed E-state index contributed by atoms with van der Waals surface area (Å²) in [6, 6.07) is 0. The van der Waals surface area contributed by atoms with Crippen LogP contribution in [0.4, 0.5) is 0 Å². The summed E-state index contributed by atoms with van der Waals surface area (Å²) in [5.41, 5.74) is 0. The Kier molecular flexibility index (Phi) is 8.85. The molecule has 1 radical (unpaired) electrons. The Morgan fingerprint density at radius 2 is 2.10 bits per heavy atom. The molecule has 0 rings (SSSR count). The van der Waals surface area contributed by atoms with Gasteiger partial charge in [0, 0.05) is 13.2 Å². The Hall–Kier alpha value is -0.0800. The lowest BCUT2D eigenvalue weighted by atomic mass is 10.3. The van der Waals surface area contributed by atoms with Gasteiger partial charge in [0.2, 0.25) is 0 Å². The topological polar surface area (TPSA) is 21.3 Å². The van der Waals surface area contributed by atoms with E-state index in [0.717, 1.165) is 32.6 Å². The Morgan fingerprint density at radius 3 is 2.70 bits per heavy atom. The molecule has 0 saturated carbocycles. The van der Waals surface area contributed by atoms with Crippen molar-refractivity contribution in [2.24, 2.45) is 0 Å². The van der Waals surface area contributed by atoms with Crippen LogP contribution in [-0.2, 0) is 4.74 Å². The van der Waals surface area contributed by atoms with E-state index in [1.54, 1.807) is 0 Å². The van der Waals surface area contributed by atoms with Crippen LogP contribution in [0.15, 0.2) is 0 Å². The molecule has 61 valence electrons. The SMILES string of the molecule is [CH2]CCOCCCCNC. The summed E-state index contributed by atoms with van der Waals surface area (Å²) in [5.74, 6) is 0. The lowest BCUT2D eigenvalue weighted by molar-refractivity contribution is 0.134. The molecule has 0 spiro atoms. The van der Waals surface area contributed by atoms with Crippen molar-refractivity contribution in [3.8, 4) is 0 Å². The van der Waals surface area contributed by atoms with Crippen molar-refractivity contribution in [3.05, 3.63) is 6.92 Å². The van der Waals surface area contributed by atoms with E-state index in [4.69, 9.17) is 4.74 Å². The van der Waals surface area contributed by atoms with Crippen LogP contribution in [0.5, 0.6) is 0 Å². The highest BCUT2D eigenvalue weighted by Crippen LogP contribution is 1.88. The molecule has 0 bridgehead atoms. The fourth-order valence-electron chi connectivity index (χ4n) is 0.710. The zero-order valence-electron chi connectivity index (χ0n) is 6.86. The minimum Gasteiger partial charge on any atom is -0.381 e. The van der Waals surface area contributed by atoms with E-state index in [9.17, 15) is 0 Å². The van der Waals surface area contributed by atoms with Crippen LogP contribution < -0.4 is 5.32 Å². The van der Waals surface area contributed by atoms with Gasteiger partial charge in [-0.05, 0) is 32.9 Å². The van der Waals surface area contributed by atoms with E-state index in [0.29, 0.717) is 0 Å². The van der Waals surface area contributed by atoms with Gasteiger partial charge in [0.25, 0.3) is 0 Å². The fourth-order valence-corrected chi connectivity index (χ4v) is 0.710. The first-order valence-corrected chi connectivity index (χ1v) is 3.93. The largest absolute Gasteiger partial charge is 0.381 e. The number of unbranched alkanes of at least 4 members (excludes halogenated alkanes) is 1. The van der Waals surface area contributed by atoms with Gasteiger partial charge in [-0.25, -0.2) is 0 Å². The first kappa shape index (κ1) is 9.92. The first-order valence-electron chi connectivity index (χ1n) is 3.93. The quantitative estimate of drug-likeness (QED) is 0.543. The molecule has 0 aromatic carbocycles. The van der Waals surface area contributed by atoms with Crippen LogP contribution in [0.3, 0.4) is 0 Å². The molecule has 0 amide bonds. The molecule has 0 aliphatic carbocycles. The summed E-state index contributed by atoms with van der Waals surface area (Å²) in [4.78, 5) is 0. The smallest absolute Gasteiger partial charge is 0.0466 e. The lowest BCUT2D eigenvalue weighted by Gasteiger charge is -2.00. The molecule has 0 atom stereocenters. The highest BCUT2D eigenvalue weighted by molar-refractivity contribution is 4.42. The Balaban J connectivity index is 2.65. The van der Waals surface area contributed by atoms with E-state index < -0.39 is 0 Å². The molecular weight excluding hydrogens is 126 g/mol. The number of rotatable bonds is 7. The number of hydrogen-bond acceptors (Lipinski definition) is 2. The van der Waals surface area contributed by atoms with E-state index in [1.807, 2.05) is 7.05 Å². The van der Waals surface area contributed by atoms with Crippen LogP contribution in [0.25, 0.3) is 0 Å². The van der Waals surface area contributed by atoms with Crippen molar-refractivity contribution in [1.29, 1.82) is 0 Å². The van der Waals surface area contributed by atoms with Crippen LogP contribution in [-0.4, -0.2) is 26.8 Å². The van der Waals surface area contributed by atoms with E-state index in [-0.39, 0.29) is 0 Å². The highest BCUT2D eigenvalue weighted by atomic mass is 16.5. The lowest BCUT2D eigenvalue weighted by Crippen LogP contribution is -2.08. The zero-order valence-corrected chi connectivity index (χ0v) is 6.86. The van der Waals surface area contributed by atoms with Gasteiger partial charge in [0.05, 0.1) is 0 Å². The van der Waals surface area contributed by atoms with Gasteiger partial charge in [0.15, 0.2) is 0 Å². The van der Waals surface area contributed by atoms with E-state index >= 15 is 0 Å². The molecule has 2 nitrogen and oxygen atoms in total.